The number of hydrogen-bond donors (Lipinski definition) is 0. The van der Waals surface area contributed by atoms with Gasteiger partial charge in [-0.15, -0.1) is 0 Å². The smallest absolute Gasteiger partial charge is 0.175 e. The molecule has 0 aromatic heterocycles. The molecule has 1 atom stereocenters. The van der Waals surface area contributed by atoms with Crippen LogP contribution in [0.1, 0.15) is 0 Å². The fourth-order valence-corrected chi connectivity index (χ4v) is 8.66. The Bertz CT molecular complexity index is 605. The van der Waals surface area contributed by atoms with Crippen molar-refractivity contribution in [1.82, 2.24) is 0 Å². The van der Waals surface area contributed by atoms with Crippen LogP contribution < -0.4 is 9.83 Å². The molecule has 0 saturated heterocycles. The van der Waals surface area contributed by atoms with Crippen molar-refractivity contribution >= 4 is 20.8 Å². The maximum Gasteiger partial charge on any atom is 0.175 e. The predicted molar refractivity (Wildman–Crippen MR) is 91.8 cm³/mol. The Morgan fingerprint density at radius 3 is 1.85 bits per heavy atom. The largest absolute Gasteiger partial charge is 0.457 e. The predicted octanol–water partition coefficient (Wildman–Crippen LogP) is 4.97. The lowest BCUT2D eigenvalue weighted by atomic mass is 10.3. The Labute approximate surface area is 123 Å². The molecular weight excluding hydrogens is 281 g/mol. The summed E-state index contributed by atoms with van der Waals surface area (Å²) >= 11 is 0. The summed E-state index contributed by atoms with van der Waals surface area (Å²) in [5.41, 5.74) is 0. The van der Waals surface area contributed by atoms with Crippen LogP contribution in [0.25, 0.3) is 0 Å². The molecule has 0 saturated carbocycles. The standard InChI is InChI=1S/C16H22NOPSi/c1-19(17-20(2,3)4,16-13-9-6-10-14-16)18-15-11-7-5-8-12-15/h5-14H,1-4H3. The van der Waals surface area contributed by atoms with Gasteiger partial charge in [0.25, 0.3) is 0 Å². The van der Waals surface area contributed by atoms with Crippen LogP contribution in [0.3, 0.4) is 0 Å². The molecule has 20 heavy (non-hydrogen) atoms. The van der Waals surface area contributed by atoms with E-state index in [2.05, 4.69) is 50.6 Å². The highest BCUT2D eigenvalue weighted by Gasteiger charge is 2.23. The summed E-state index contributed by atoms with van der Waals surface area (Å²) in [5, 5.41) is 1.20. The number of rotatable bonds is 4. The number of nitrogens with zero attached hydrogens (tertiary/aromatic N) is 1. The van der Waals surface area contributed by atoms with E-state index in [1.165, 1.54) is 5.30 Å². The van der Waals surface area contributed by atoms with E-state index in [0.29, 0.717) is 0 Å². The lowest BCUT2D eigenvalue weighted by Gasteiger charge is -2.26. The molecule has 2 rings (SSSR count). The lowest BCUT2D eigenvalue weighted by Crippen LogP contribution is -2.20. The molecule has 1 unspecified atom stereocenters. The van der Waals surface area contributed by atoms with E-state index in [-0.39, 0.29) is 0 Å². The monoisotopic (exact) mass is 303 g/mol. The van der Waals surface area contributed by atoms with Crippen molar-refractivity contribution in [3.63, 3.8) is 0 Å². The van der Waals surface area contributed by atoms with Crippen LogP contribution >= 0.6 is 7.28 Å². The molecule has 0 N–H and O–H groups in total. The van der Waals surface area contributed by atoms with Gasteiger partial charge in [0.15, 0.2) is 15.5 Å². The minimum atomic E-state index is -1.98. The van der Waals surface area contributed by atoms with Crippen molar-refractivity contribution in [1.29, 1.82) is 0 Å². The molecule has 2 nitrogen and oxygen atoms in total. The van der Waals surface area contributed by atoms with E-state index in [0.717, 1.165) is 5.75 Å². The van der Waals surface area contributed by atoms with Gasteiger partial charge in [-0.25, -0.2) is 0 Å². The van der Waals surface area contributed by atoms with Crippen LogP contribution in [0, 0.1) is 0 Å². The van der Waals surface area contributed by atoms with Crippen molar-refractivity contribution in [3.8, 4) is 5.75 Å². The van der Waals surface area contributed by atoms with Gasteiger partial charge in [-0.05, 0) is 43.9 Å². The molecule has 0 fully saturated rings. The lowest BCUT2D eigenvalue weighted by molar-refractivity contribution is 0.617. The maximum atomic E-state index is 6.34. The van der Waals surface area contributed by atoms with Crippen molar-refractivity contribution in [3.05, 3.63) is 60.7 Å². The molecule has 0 amide bonds. The van der Waals surface area contributed by atoms with E-state index in [9.17, 15) is 0 Å². The first-order chi connectivity index (χ1) is 9.39. The molecule has 2 aromatic rings. The minimum Gasteiger partial charge on any atom is -0.457 e. The highest BCUT2D eigenvalue weighted by atomic mass is 31.2. The first kappa shape index (κ1) is 15.1. The van der Waals surface area contributed by atoms with E-state index in [1.54, 1.807) is 0 Å². The summed E-state index contributed by atoms with van der Waals surface area (Å²) in [6.07, 6.45) is 0. The summed E-state index contributed by atoms with van der Waals surface area (Å²) in [4.78, 5) is 0. The Balaban J connectivity index is 2.48. The SMILES string of the molecule is C[Si](C)(C)N=P(C)(Oc1ccccc1)c1ccccc1. The van der Waals surface area contributed by atoms with E-state index < -0.39 is 15.5 Å². The molecule has 0 radical (unpaired) electrons. The Morgan fingerprint density at radius 2 is 1.35 bits per heavy atom. The number of hydrogen-bond acceptors (Lipinski definition) is 2. The fraction of sp³-hybridized carbons (Fsp3) is 0.250. The van der Waals surface area contributed by atoms with Crippen molar-refractivity contribution in [2.75, 3.05) is 6.66 Å². The first-order valence-electron chi connectivity index (χ1n) is 6.80. The van der Waals surface area contributed by atoms with Gasteiger partial charge < -0.3 is 8.93 Å². The zero-order valence-electron chi connectivity index (χ0n) is 12.6. The molecule has 0 spiro atoms. The summed E-state index contributed by atoms with van der Waals surface area (Å²) in [6, 6.07) is 20.4. The molecule has 0 aliphatic rings. The minimum absolute atomic E-state index is 0.897. The molecule has 0 bridgehead atoms. The van der Waals surface area contributed by atoms with Crippen LogP contribution in [-0.2, 0) is 0 Å². The highest BCUT2D eigenvalue weighted by Crippen LogP contribution is 2.47. The Hall–Kier alpha value is -1.31. The van der Waals surface area contributed by atoms with Crippen LogP contribution in [-0.4, -0.2) is 14.9 Å². The van der Waals surface area contributed by atoms with Gasteiger partial charge in [-0.2, -0.15) is 0 Å². The zero-order chi connectivity index (χ0) is 14.6. The average Bonchev–Trinajstić information content (AvgIpc) is 2.39. The van der Waals surface area contributed by atoms with Gasteiger partial charge in [0.2, 0.25) is 0 Å². The summed E-state index contributed by atoms with van der Waals surface area (Å²) in [5.74, 6) is 0.897. The van der Waals surface area contributed by atoms with Crippen molar-refractivity contribution < 1.29 is 4.52 Å². The summed E-state index contributed by atoms with van der Waals surface area (Å²) < 4.78 is 11.5. The fourth-order valence-electron chi connectivity index (χ4n) is 2.09. The van der Waals surface area contributed by atoms with Gasteiger partial charge in [-0.1, -0.05) is 36.4 Å². The van der Waals surface area contributed by atoms with Crippen LogP contribution in [0.4, 0.5) is 0 Å². The third-order valence-electron chi connectivity index (χ3n) is 2.75. The Morgan fingerprint density at radius 1 is 0.850 bits per heavy atom. The molecule has 0 aliphatic heterocycles. The van der Waals surface area contributed by atoms with Crippen molar-refractivity contribution in [2.45, 2.75) is 19.6 Å². The number of para-hydroxylation sites is 1. The molecule has 0 heterocycles. The quantitative estimate of drug-likeness (QED) is 0.577. The second-order valence-corrected chi connectivity index (χ2v) is 13.5. The summed E-state index contributed by atoms with van der Waals surface area (Å²) in [7, 11) is -3.56. The highest BCUT2D eigenvalue weighted by molar-refractivity contribution is 7.70. The van der Waals surface area contributed by atoms with E-state index in [1.807, 2.05) is 36.4 Å². The van der Waals surface area contributed by atoms with Crippen LogP contribution in [0.15, 0.2) is 65.1 Å². The normalized spacial score (nSPS) is 14.4. The van der Waals surface area contributed by atoms with Crippen molar-refractivity contribution in [2.24, 2.45) is 4.41 Å². The topological polar surface area (TPSA) is 21.6 Å². The van der Waals surface area contributed by atoms with Crippen LogP contribution in [0.5, 0.6) is 5.75 Å². The third kappa shape index (κ3) is 4.09. The van der Waals surface area contributed by atoms with E-state index >= 15 is 0 Å². The van der Waals surface area contributed by atoms with Gasteiger partial charge in [0.05, 0.1) is 0 Å². The second kappa shape index (κ2) is 5.98. The molecule has 106 valence electrons. The zero-order valence-corrected chi connectivity index (χ0v) is 14.5. The summed E-state index contributed by atoms with van der Waals surface area (Å²) in [6.45, 7) is 8.92. The molecule has 2 aromatic carbocycles. The molecule has 0 aliphatic carbocycles. The molecule has 4 heteroatoms. The van der Waals surface area contributed by atoms with Gasteiger partial charge in [0, 0.05) is 12.0 Å². The Kier molecular flexibility index (Phi) is 4.51. The van der Waals surface area contributed by atoms with Gasteiger partial charge in [0.1, 0.15) is 5.75 Å². The van der Waals surface area contributed by atoms with Crippen LogP contribution in [0.2, 0.25) is 19.6 Å². The van der Waals surface area contributed by atoms with Gasteiger partial charge in [-0.3, -0.25) is 0 Å². The number of benzene rings is 2. The van der Waals surface area contributed by atoms with E-state index in [4.69, 9.17) is 8.93 Å². The maximum absolute atomic E-state index is 6.34. The average molecular weight is 303 g/mol. The molecular formula is C16H22NOPSi. The van der Waals surface area contributed by atoms with Gasteiger partial charge >= 0.3 is 0 Å². The third-order valence-corrected chi connectivity index (χ3v) is 8.50. The first-order valence-corrected chi connectivity index (χ1v) is 12.4. The second-order valence-electron chi connectivity index (χ2n) is 5.89.